The summed E-state index contributed by atoms with van der Waals surface area (Å²) >= 11 is 0. The number of rotatable bonds is 2. The average Bonchev–Trinajstić information content (AvgIpc) is 2.93. The van der Waals surface area contributed by atoms with E-state index in [9.17, 15) is 4.79 Å². The molecule has 2 rings (SSSR count). The minimum absolute atomic E-state index is 0.0103. The Morgan fingerprint density at radius 2 is 2.30 bits per heavy atom. The highest BCUT2D eigenvalue weighted by Gasteiger charge is 2.34. The molecule has 1 aliphatic rings. The van der Waals surface area contributed by atoms with Crippen LogP contribution >= 0.6 is 0 Å². The molecule has 1 N–H and O–H groups in total. The Bertz CT molecular complexity index is 499. The molecule has 1 aliphatic heterocycles. The van der Waals surface area contributed by atoms with Crippen molar-refractivity contribution in [3.05, 3.63) is 23.8 Å². The van der Waals surface area contributed by atoms with Crippen LogP contribution in [0.1, 0.15) is 58.1 Å². The monoisotopic (exact) mass is 277 g/mol. The van der Waals surface area contributed by atoms with Gasteiger partial charge in [-0.3, -0.25) is 4.90 Å². The second kappa shape index (κ2) is 5.69. The van der Waals surface area contributed by atoms with Gasteiger partial charge < -0.3 is 9.72 Å². The number of allylic oxidation sites excluding steroid dienone is 1. The predicted molar refractivity (Wildman–Crippen MR) is 78.2 cm³/mol. The van der Waals surface area contributed by atoms with E-state index >= 15 is 0 Å². The number of nitrogens with one attached hydrogen (secondary N) is 1. The number of carbonyl (C=O) groups is 1. The minimum Gasteiger partial charge on any atom is -0.444 e. The summed E-state index contributed by atoms with van der Waals surface area (Å²) in [6.45, 7) is 8.33. The van der Waals surface area contributed by atoms with Gasteiger partial charge in [0.05, 0.1) is 17.9 Å². The second-order valence-electron chi connectivity index (χ2n) is 6.06. The van der Waals surface area contributed by atoms with E-state index in [1.54, 1.807) is 11.1 Å². The molecule has 5 heteroatoms. The summed E-state index contributed by atoms with van der Waals surface area (Å²) in [4.78, 5) is 21.6. The summed E-state index contributed by atoms with van der Waals surface area (Å²) in [6.07, 6.45) is 7.34. The lowest BCUT2D eigenvalue weighted by Crippen LogP contribution is -2.36. The van der Waals surface area contributed by atoms with Crippen molar-refractivity contribution in [3.63, 3.8) is 0 Å². The summed E-state index contributed by atoms with van der Waals surface area (Å²) in [5.41, 5.74) is 0.488. The highest BCUT2D eigenvalue weighted by molar-refractivity contribution is 5.69. The molecule has 0 radical (unpaired) electrons. The van der Waals surface area contributed by atoms with E-state index in [0.717, 1.165) is 30.9 Å². The zero-order chi connectivity index (χ0) is 14.8. The number of H-pyrrole nitrogens is 1. The van der Waals surface area contributed by atoms with Crippen LogP contribution in [0.3, 0.4) is 0 Å². The van der Waals surface area contributed by atoms with Crippen LogP contribution in [0.5, 0.6) is 0 Å². The van der Waals surface area contributed by atoms with Crippen LogP contribution in [-0.2, 0) is 4.74 Å². The molecule has 1 aromatic heterocycles. The highest BCUT2D eigenvalue weighted by Crippen LogP contribution is 2.31. The van der Waals surface area contributed by atoms with Gasteiger partial charge in [0, 0.05) is 6.54 Å². The Morgan fingerprint density at radius 3 is 2.95 bits per heavy atom. The Labute approximate surface area is 120 Å². The number of aromatic amines is 1. The van der Waals surface area contributed by atoms with Gasteiger partial charge in [-0.05, 0) is 46.6 Å². The Hall–Kier alpha value is -1.78. The maximum absolute atomic E-state index is 12.2. The topological polar surface area (TPSA) is 58.2 Å². The van der Waals surface area contributed by atoms with Gasteiger partial charge >= 0.3 is 6.09 Å². The number of likely N-dealkylation sites (tertiary alicyclic amines) is 1. The molecule has 2 heterocycles. The molecular weight excluding hydrogens is 254 g/mol. The fourth-order valence-electron chi connectivity index (χ4n) is 2.38. The zero-order valence-corrected chi connectivity index (χ0v) is 12.6. The number of aromatic nitrogens is 2. The lowest BCUT2D eigenvalue weighted by atomic mass is 10.2. The fourth-order valence-corrected chi connectivity index (χ4v) is 2.38. The Balaban J connectivity index is 2.12. The van der Waals surface area contributed by atoms with Crippen LogP contribution in [0.4, 0.5) is 4.79 Å². The van der Waals surface area contributed by atoms with Crippen molar-refractivity contribution in [2.45, 2.75) is 52.2 Å². The number of hydrogen-bond acceptors (Lipinski definition) is 3. The van der Waals surface area contributed by atoms with Crippen molar-refractivity contribution in [2.75, 3.05) is 6.54 Å². The van der Waals surface area contributed by atoms with Crippen LogP contribution < -0.4 is 0 Å². The molecule has 110 valence electrons. The van der Waals surface area contributed by atoms with Gasteiger partial charge in [0.1, 0.15) is 11.4 Å². The van der Waals surface area contributed by atoms with E-state index in [2.05, 4.69) is 9.97 Å². The third-order valence-corrected chi connectivity index (χ3v) is 3.16. The van der Waals surface area contributed by atoms with Crippen molar-refractivity contribution in [2.24, 2.45) is 0 Å². The van der Waals surface area contributed by atoms with Crippen LogP contribution in [0.25, 0.3) is 6.08 Å². The average molecular weight is 277 g/mol. The number of nitrogens with zero attached hydrogens (tertiary/aromatic N) is 2. The molecule has 0 aliphatic carbocycles. The first-order valence-electron chi connectivity index (χ1n) is 7.08. The molecule has 0 unspecified atom stereocenters. The van der Waals surface area contributed by atoms with Crippen molar-refractivity contribution in [3.8, 4) is 0 Å². The molecule has 0 spiro atoms. The minimum atomic E-state index is -0.469. The van der Waals surface area contributed by atoms with E-state index in [1.165, 1.54) is 0 Å². The number of carbonyl (C=O) groups excluding carboxylic acids is 1. The SMILES string of the molecule is C/C=C/c1cnc([C@@H]2CCCN2C(=O)OC(C)(C)C)[nH]1. The molecule has 0 bridgehead atoms. The Kier molecular flexibility index (Phi) is 4.16. The van der Waals surface area contributed by atoms with Gasteiger partial charge in [-0.2, -0.15) is 0 Å². The number of hydrogen-bond donors (Lipinski definition) is 1. The largest absolute Gasteiger partial charge is 0.444 e. The fraction of sp³-hybridized carbons (Fsp3) is 0.600. The summed E-state index contributed by atoms with van der Waals surface area (Å²) in [7, 11) is 0. The van der Waals surface area contributed by atoms with E-state index in [0.29, 0.717) is 0 Å². The standard InChI is InChI=1S/C15H23N3O2/c1-5-7-11-10-16-13(17-11)12-8-6-9-18(12)14(19)20-15(2,3)4/h5,7,10,12H,6,8-9H2,1-4H3,(H,16,17)/b7-5+/t12-/m0/s1. The maximum Gasteiger partial charge on any atom is 0.410 e. The molecule has 1 saturated heterocycles. The first-order valence-corrected chi connectivity index (χ1v) is 7.08. The summed E-state index contributed by atoms with van der Waals surface area (Å²) < 4.78 is 5.46. The van der Waals surface area contributed by atoms with Gasteiger partial charge in [0.25, 0.3) is 0 Å². The zero-order valence-electron chi connectivity index (χ0n) is 12.6. The van der Waals surface area contributed by atoms with Gasteiger partial charge in [-0.15, -0.1) is 0 Å². The van der Waals surface area contributed by atoms with E-state index in [-0.39, 0.29) is 12.1 Å². The van der Waals surface area contributed by atoms with Crippen molar-refractivity contribution < 1.29 is 9.53 Å². The van der Waals surface area contributed by atoms with Crippen molar-refractivity contribution in [1.82, 2.24) is 14.9 Å². The number of imidazole rings is 1. The number of ether oxygens (including phenoxy) is 1. The lowest BCUT2D eigenvalue weighted by Gasteiger charge is -2.27. The first kappa shape index (κ1) is 14.6. The van der Waals surface area contributed by atoms with Gasteiger partial charge in [0.15, 0.2) is 0 Å². The highest BCUT2D eigenvalue weighted by atomic mass is 16.6. The van der Waals surface area contributed by atoms with Gasteiger partial charge in [-0.1, -0.05) is 6.08 Å². The molecule has 20 heavy (non-hydrogen) atoms. The third-order valence-electron chi connectivity index (χ3n) is 3.16. The molecule has 0 saturated carbocycles. The normalized spacial score (nSPS) is 19.8. The summed E-state index contributed by atoms with van der Waals surface area (Å²) in [5.74, 6) is 0.835. The van der Waals surface area contributed by atoms with E-state index in [4.69, 9.17) is 4.74 Å². The molecule has 1 amide bonds. The van der Waals surface area contributed by atoms with Crippen LogP contribution in [0, 0.1) is 0 Å². The van der Waals surface area contributed by atoms with Gasteiger partial charge in [-0.25, -0.2) is 9.78 Å². The van der Waals surface area contributed by atoms with Gasteiger partial charge in [0.2, 0.25) is 0 Å². The van der Waals surface area contributed by atoms with Crippen molar-refractivity contribution >= 4 is 12.2 Å². The lowest BCUT2D eigenvalue weighted by molar-refractivity contribution is 0.0218. The molecule has 1 fully saturated rings. The second-order valence-corrected chi connectivity index (χ2v) is 6.06. The molecular formula is C15H23N3O2. The molecule has 5 nitrogen and oxygen atoms in total. The Morgan fingerprint density at radius 1 is 1.55 bits per heavy atom. The molecule has 0 aromatic carbocycles. The summed E-state index contributed by atoms with van der Waals surface area (Å²) in [5, 5.41) is 0. The first-order chi connectivity index (χ1) is 9.40. The molecule has 1 aromatic rings. The summed E-state index contributed by atoms with van der Waals surface area (Å²) in [6, 6.07) is -0.0103. The van der Waals surface area contributed by atoms with Crippen LogP contribution in [0.2, 0.25) is 0 Å². The van der Waals surface area contributed by atoms with Crippen LogP contribution in [0.15, 0.2) is 12.3 Å². The predicted octanol–water partition coefficient (Wildman–Crippen LogP) is 3.51. The molecule has 1 atom stereocenters. The van der Waals surface area contributed by atoms with Crippen LogP contribution in [-0.4, -0.2) is 33.1 Å². The third kappa shape index (κ3) is 3.40. The number of amides is 1. The van der Waals surface area contributed by atoms with E-state index < -0.39 is 5.60 Å². The maximum atomic E-state index is 12.2. The smallest absolute Gasteiger partial charge is 0.410 e. The van der Waals surface area contributed by atoms with E-state index in [1.807, 2.05) is 39.8 Å². The quantitative estimate of drug-likeness (QED) is 0.899. The van der Waals surface area contributed by atoms with Crippen molar-refractivity contribution in [1.29, 1.82) is 0 Å².